The Labute approximate surface area is 160 Å². The molecule has 3 rings (SSSR count). The smallest absolute Gasteiger partial charge is 0.278 e. The van der Waals surface area contributed by atoms with E-state index < -0.39 is 21.7 Å². The number of hydrogen-bond acceptors (Lipinski definition) is 6. The third kappa shape index (κ3) is 3.17. The minimum absolute atomic E-state index is 0.0472. The highest BCUT2D eigenvalue weighted by Gasteiger charge is 2.39. The highest BCUT2D eigenvalue weighted by atomic mass is 35.5. The van der Waals surface area contributed by atoms with E-state index in [-0.39, 0.29) is 25.6 Å². The van der Waals surface area contributed by atoms with Gasteiger partial charge in [0.1, 0.15) is 10.7 Å². The van der Waals surface area contributed by atoms with Gasteiger partial charge in [-0.05, 0) is 24.6 Å². The van der Waals surface area contributed by atoms with Gasteiger partial charge >= 0.3 is 0 Å². The lowest BCUT2D eigenvalue weighted by Gasteiger charge is -2.26. The predicted molar refractivity (Wildman–Crippen MR) is 101 cm³/mol. The summed E-state index contributed by atoms with van der Waals surface area (Å²) in [6, 6.07) is 6.45. The van der Waals surface area contributed by atoms with Crippen LogP contribution in [0.5, 0.6) is 0 Å². The molecule has 7 nitrogen and oxygen atoms in total. The van der Waals surface area contributed by atoms with Crippen molar-refractivity contribution >= 4 is 50.4 Å². The Kier molecular flexibility index (Phi) is 4.96. The Morgan fingerprint density at radius 3 is 2.85 bits per heavy atom. The molecule has 0 aromatic carbocycles. The van der Waals surface area contributed by atoms with Gasteiger partial charge in [0.05, 0.1) is 9.21 Å². The first-order valence-corrected chi connectivity index (χ1v) is 10.4. The van der Waals surface area contributed by atoms with Gasteiger partial charge in [0.25, 0.3) is 15.9 Å². The zero-order valence-electron chi connectivity index (χ0n) is 14.0. The molecular weight excluding hydrogens is 398 g/mol. The fourth-order valence-electron chi connectivity index (χ4n) is 2.60. The molecule has 138 valence electrons. The second-order valence-electron chi connectivity index (χ2n) is 5.63. The number of pyridine rings is 1. The number of aryl methyl sites for hydroxylation is 1. The van der Waals surface area contributed by atoms with Crippen molar-refractivity contribution in [2.45, 2.75) is 24.7 Å². The van der Waals surface area contributed by atoms with E-state index in [9.17, 15) is 18.3 Å². The number of rotatable bonds is 4. The molecule has 2 aromatic rings. The van der Waals surface area contributed by atoms with Crippen LogP contribution in [0.15, 0.2) is 34.9 Å². The van der Waals surface area contributed by atoms with Gasteiger partial charge < -0.3 is 10.4 Å². The van der Waals surface area contributed by atoms with Gasteiger partial charge in [-0.25, -0.2) is 13.4 Å². The van der Waals surface area contributed by atoms with Crippen molar-refractivity contribution in [1.29, 1.82) is 0 Å². The summed E-state index contributed by atoms with van der Waals surface area (Å²) in [7, 11) is -2.77. The zero-order valence-corrected chi connectivity index (χ0v) is 16.4. The number of carbonyl (C=O) groups excluding carboxylic acids is 1. The highest BCUT2D eigenvalue weighted by Crippen LogP contribution is 2.41. The molecule has 26 heavy (non-hydrogen) atoms. The van der Waals surface area contributed by atoms with Gasteiger partial charge in [0, 0.05) is 12.7 Å². The molecule has 2 aromatic heterocycles. The van der Waals surface area contributed by atoms with Crippen molar-refractivity contribution in [3.63, 3.8) is 0 Å². The van der Waals surface area contributed by atoms with E-state index in [0.29, 0.717) is 0 Å². The number of fused-ring (bicyclic) bond motifs is 1. The Balaban J connectivity index is 2.00. The number of nitrogens with one attached hydrogen (secondary N) is 1. The predicted octanol–water partition coefficient (Wildman–Crippen LogP) is 3.25. The first-order valence-electron chi connectivity index (χ1n) is 7.75. The molecule has 0 saturated heterocycles. The molecule has 1 aliphatic heterocycles. The minimum Gasteiger partial charge on any atom is -0.504 e. The summed E-state index contributed by atoms with van der Waals surface area (Å²) < 4.78 is 26.2. The molecule has 0 aliphatic carbocycles. The third-order valence-electron chi connectivity index (χ3n) is 3.83. The number of amides is 1. The minimum atomic E-state index is -3.98. The normalized spacial score (nSPS) is 15.7. The van der Waals surface area contributed by atoms with Crippen molar-refractivity contribution < 1.29 is 18.3 Å². The van der Waals surface area contributed by atoms with E-state index in [2.05, 4.69) is 10.3 Å². The van der Waals surface area contributed by atoms with Crippen LogP contribution < -0.4 is 5.32 Å². The van der Waals surface area contributed by atoms with Crippen LogP contribution in [0.25, 0.3) is 5.76 Å². The Bertz CT molecular complexity index is 1010. The van der Waals surface area contributed by atoms with Crippen LogP contribution >= 0.6 is 22.9 Å². The van der Waals surface area contributed by atoms with Crippen molar-refractivity contribution in [3.8, 4) is 0 Å². The molecule has 0 saturated carbocycles. The van der Waals surface area contributed by atoms with Crippen molar-refractivity contribution in [3.05, 3.63) is 44.9 Å². The second-order valence-corrected chi connectivity index (χ2v) is 9.25. The summed E-state index contributed by atoms with van der Waals surface area (Å²) in [5.41, 5.74) is 0.430. The van der Waals surface area contributed by atoms with Crippen LogP contribution in [0.3, 0.4) is 0 Å². The molecule has 3 heterocycles. The van der Waals surface area contributed by atoms with E-state index >= 15 is 0 Å². The van der Waals surface area contributed by atoms with Gasteiger partial charge in [-0.15, -0.1) is 11.3 Å². The first-order chi connectivity index (χ1) is 12.3. The third-order valence-corrected chi connectivity index (χ3v) is 7.01. The molecule has 1 aliphatic rings. The number of nitrogens with zero attached hydrogens (tertiary/aromatic N) is 2. The number of anilines is 1. The van der Waals surface area contributed by atoms with Gasteiger partial charge in [-0.2, -0.15) is 0 Å². The average Bonchev–Trinajstić information content (AvgIpc) is 2.97. The number of aliphatic hydroxyl groups excluding tert-OH is 1. The summed E-state index contributed by atoms with van der Waals surface area (Å²) in [5, 5.41) is 13.0. The van der Waals surface area contributed by atoms with Crippen molar-refractivity contribution in [2.75, 3.05) is 12.4 Å². The number of sulfonamides is 1. The Morgan fingerprint density at radius 2 is 2.15 bits per heavy atom. The fourth-order valence-corrected chi connectivity index (χ4v) is 5.55. The molecule has 0 radical (unpaired) electrons. The summed E-state index contributed by atoms with van der Waals surface area (Å²) in [4.78, 5) is 16.9. The van der Waals surface area contributed by atoms with Crippen LogP contribution in [-0.4, -0.2) is 35.8 Å². The summed E-state index contributed by atoms with van der Waals surface area (Å²) >= 11 is 6.78. The highest BCUT2D eigenvalue weighted by molar-refractivity contribution is 7.89. The lowest BCUT2D eigenvalue weighted by Crippen LogP contribution is -2.36. The summed E-state index contributed by atoms with van der Waals surface area (Å²) in [5.74, 6) is -0.927. The largest absolute Gasteiger partial charge is 0.504 e. The number of aliphatic hydroxyl groups is 1. The number of thiophene rings is 1. The maximum absolute atomic E-state index is 12.7. The Hall–Kier alpha value is -2.10. The zero-order chi connectivity index (χ0) is 19.1. The first kappa shape index (κ1) is 18.7. The summed E-state index contributed by atoms with van der Waals surface area (Å²) in [6.07, 6.45) is 1.65. The van der Waals surface area contributed by atoms with Crippen molar-refractivity contribution in [2.24, 2.45) is 0 Å². The molecule has 0 bridgehead atoms. The molecule has 0 spiro atoms. The van der Waals surface area contributed by atoms with Crippen molar-refractivity contribution in [1.82, 2.24) is 9.29 Å². The molecule has 10 heteroatoms. The van der Waals surface area contributed by atoms with E-state index in [1.807, 2.05) is 13.0 Å². The number of halogens is 1. The standard InChI is InChI=1S/C16H16ClN3O4S2/c1-3-5-9-6-4-7-12(18-9)19-16(22)13-14(21)15-10(8-11(17)25-15)26(23,24)20(13)2/h4,6-8,21H,3,5H2,1-2H3,(H,18,19,22). The maximum Gasteiger partial charge on any atom is 0.278 e. The van der Waals surface area contributed by atoms with Crippen LogP contribution in [0.4, 0.5) is 5.82 Å². The van der Waals surface area contributed by atoms with Crippen LogP contribution in [0.2, 0.25) is 4.34 Å². The quantitative estimate of drug-likeness (QED) is 0.801. The van der Waals surface area contributed by atoms with E-state index in [1.165, 1.54) is 13.1 Å². The molecule has 1 amide bonds. The molecule has 0 fully saturated rings. The number of hydrogen-bond donors (Lipinski definition) is 2. The second kappa shape index (κ2) is 6.90. The topological polar surface area (TPSA) is 99.6 Å². The lowest BCUT2D eigenvalue weighted by molar-refractivity contribution is -0.113. The van der Waals surface area contributed by atoms with E-state index in [1.54, 1.807) is 12.1 Å². The van der Waals surface area contributed by atoms with Gasteiger partial charge in [-0.3, -0.25) is 9.10 Å². The van der Waals surface area contributed by atoms with Crippen LogP contribution in [0, 0.1) is 0 Å². The molecule has 0 atom stereocenters. The fraction of sp³-hybridized carbons (Fsp3) is 0.250. The van der Waals surface area contributed by atoms with Gasteiger partial charge in [0.15, 0.2) is 11.5 Å². The van der Waals surface area contributed by atoms with E-state index in [4.69, 9.17) is 11.6 Å². The number of carbonyl (C=O) groups is 1. The number of aromatic nitrogens is 1. The molecular formula is C16H16ClN3O4S2. The lowest BCUT2D eigenvalue weighted by atomic mass is 10.2. The average molecular weight is 414 g/mol. The number of likely N-dealkylation sites (N-methyl/N-ethyl adjacent to an activating group) is 1. The molecule has 2 N–H and O–H groups in total. The van der Waals surface area contributed by atoms with Gasteiger partial charge in [0.2, 0.25) is 0 Å². The Morgan fingerprint density at radius 1 is 1.42 bits per heavy atom. The van der Waals surface area contributed by atoms with Crippen LogP contribution in [-0.2, 0) is 21.2 Å². The van der Waals surface area contributed by atoms with Gasteiger partial charge in [-0.1, -0.05) is 31.0 Å². The summed E-state index contributed by atoms with van der Waals surface area (Å²) in [6.45, 7) is 2.02. The van der Waals surface area contributed by atoms with E-state index in [0.717, 1.165) is 34.2 Å². The molecule has 0 unspecified atom stereocenters. The monoisotopic (exact) mass is 413 g/mol. The maximum atomic E-state index is 12.7. The van der Waals surface area contributed by atoms with Crippen LogP contribution in [0.1, 0.15) is 23.9 Å². The SMILES string of the molecule is CCCc1cccc(NC(=O)C2=C(O)c3sc(Cl)cc3S(=O)(=O)N2C)n1.